The molecule has 2 unspecified atom stereocenters. The molecule has 28 heavy (non-hydrogen) atoms. The van der Waals surface area contributed by atoms with Crippen LogP contribution in [0.15, 0.2) is 42.5 Å². The Morgan fingerprint density at radius 1 is 1.21 bits per heavy atom. The fourth-order valence-corrected chi connectivity index (χ4v) is 4.54. The van der Waals surface area contributed by atoms with Crippen molar-refractivity contribution in [1.82, 2.24) is 10.2 Å². The second-order valence-corrected chi connectivity index (χ2v) is 7.46. The topological polar surface area (TPSA) is 41.6 Å². The number of likely N-dealkylation sites (tertiary alicyclic amines) is 1. The van der Waals surface area contributed by atoms with E-state index in [4.69, 9.17) is 4.74 Å². The highest BCUT2D eigenvalue weighted by Crippen LogP contribution is 2.45. The van der Waals surface area contributed by atoms with Crippen molar-refractivity contribution in [2.24, 2.45) is 5.92 Å². The van der Waals surface area contributed by atoms with Crippen molar-refractivity contribution in [3.05, 3.63) is 65.0 Å². The first-order valence-electron chi connectivity index (χ1n) is 9.57. The van der Waals surface area contributed by atoms with Gasteiger partial charge in [-0.3, -0.25) is 4.79 Å². The van der Waals surface area contributed by atoms with Crippen LogP contribution in [-0.2, 0) is 6.42 Å². The molecule has 0 saturated carbocycles. The zero-order chi connectivity index (χ0) is 18.8. The van der Waals surface area contributed by atoms with Gasteiger partial charge in [0.05, 0.1) is 7.11 Å². The highest BCUT2D eigenvalue weighted by molar-refractivity contribution is 5.94. The van der Waals surface area contributed by atoms with E-state index in [1.807, 2.05) is 0 Å². The van der Waals surface area contributed by atoms with Gasteiger partial charge >= 0.3 is 0 Å². The van der Waals surface area contributed by atoms with E-state index in [0.717, 1.165) is 31.8 Å². The summed E-state index contributed by atoms with van der Waals surface area (Å²) in [6, 6.07) is 12.0. The maximum atomic E-state index is 13.0. The minimum absolute atomic E-state index is 0. The first-order valence-corrected chi connectivity index (χ1v) is 9.57. The maximum Gasteiger partial charge on any atom is 0.251 e. The summed E-state index contributed by atoms with van der Waals surface area (Å²) in [4.78, 5) is 14.6. The number of nitrogens with one attached hydrogen (secondary N) is 1. The van der Waals surface area contributed by atoms with Crippen LogP contribution in [0.2, 0.25) is 0 Å². The average Bonchev–Trinajstić information content (AvgIpc) is 3.11. The molecule has 1 aliphatic carbocycles. The molecule has 0 spiro atoms. The van der Waals surface area contributed by atoms with Gasteiger partial charge in [-0.25, -0.2) is 4.39 Å². The van der Waals surface area contributed by atoms with Crippen molar-refractivity contribution < 1.29 is 13.9 Å². The summed E-state index contributed by atoms with van der Waals surface area (Å²) in [6.45, 7) is 3.48. The van der Waals surface area contributed by atoms with Gasteiger partial charge in [-0.1, -0.05) is 12.1 Å². The molecular formula is C22H26ClFN2O2. The number of hydrogen-bond donors (Lipinski definition) is 1. The van der Waals surface area contributed by atoms with E-state index in [-0.39, 0.29) is 24.1 Å². The Kier molecular flexibility index (Phi) is 6.57. The van der Waals surface area contributed by atoms with Crippen LogP contribution in [0.5, 0.6) is 5.75 Å². The molecule has 1 heterocycles. The third-order valence-electron chi connectivity index (χ3n) is 5.87. The lowest BCUT2D eigenvalue weighted by molar-refractivity contribution is 0.0949. The summed E-state index contributed by atoms with van der Waals surface area (Å²) < 4.78 is 18.6. The lowest BCUT2D eigenvalue weighted by Gasteiger charge is -2.28. The van der Waals surface area contributed by atoms with Crippen LogP contribution < -0.4 is 10.1 Å². The first kappa shape index (κ1) is 20.6. The highest BCUT2D eigenvalue weighted by atomic mass is 35.5. The van der Waals surface area contributed by atoms with E-state index < -0.39 is 0 Å². The predicted molar refractivity (Wildman–Crippen MR) is 110 cm³/mol. The number of rotatable bonds is 5. The molecule has 4 rings (SSSR count). The fourth-order valence-electron chi connectivity index (χ4n) is 4.54. The van der Waals surface area contributed by atoms with Gasteiger partial charge in [-0.05, 0) is 54.7 Å². The van der Waals surface area contributed by atoms with Crippen LogP contribution in [0.4, 0.5) is 4.39 Å². The van der Waals surface area contributed by atoms with Gasteiger partial charge in [-0.15, -0.1) is 12.4 Å². The number of carbonyl (C=O) groups is 1. The molecule has 150 valence electrons. The number of methoxy groups -OCH3 is 1. The number of amides is 1. The van der Waals surface area contributed by atoms with Crippen molar-refractivity contribution in [2.45, 2.75) is 18.8 Å². The zero-order valence-corrected chi connectivity index (χ0v) is 16.8. The quantitative estimate of drug-likeness (QED) is 0.827. The Bertz CT molecular complexity index is 814. The smallest absolute Gasteiger partial charge is 0.251 e. The largest absolute Gasteiger partial charge is 0.496 e. The monoisotopic (exact) mass is 404 g/mol. The molecule has 2 aromatic rings. The van der Waals surface area contributed by atoms with Gasteiger partial charge in [0.15, 0.2) is 0 Å². The SMILES string of the molecule is COc1cccc2c1C1CN(CCNC(=O)c3ccc(F)cc3)CC1CC2.Cl. The molecule has 4 nitrogen and oxygen atoms in total. The highest BCUT2D eigenvalue weighted by Gasteiger charge is 2.38. The van der Waals surface area contributed by atoms with E-state index in [1.165, 1.54) is 41.8 Å². The number of hydrogen-bond acceptors (Lipinski definition) is 3. The standard InChI is InChI=1S/C22H25FN2O2.ClH/c1-27-20-4-2-3-15-5-6-17-13-25(14-19(17)21(15)20)12-11-24-22(26)16-7-9-18(23)10-8-16;/h2-4,7-10,17,19H,5-6,11-14H2,1H3,(H,24,26);1H. The Morgan fingerprint density at radius 2 is 2.00 bits per heavy atom. The molecule has 1 aliphatic heterocycles. The Labute approximate surface area is 171 Å². The van der Waals surface area contributed by atoms with Gasteiger partial charge in [0.1, 0.15) is 11.6 Å². The number of carbonyl (C=O) groups excluding carboxylic acids is 1. The van der Waals surface area contributed by atoms with Gasteiger partial charge in [0.2, 0.25) is 0 Å². The van der Waals surface area contributed by atoms with Gasteiger partial charge < -0.3 is 15.0 Å². The number of ether oxygens (including phenoxy) is 1. The molecule has 2 aromatic carbocycles. The predicted octanol–water partition coefficient (Wildman–Crippen LogP) is 3.65. The molecule has 1 saturated heterocycles. The molecule has 2 aliphatic rings. The van der Waals surface area contributed by atoms with E-state index in [1.54, 1.807) is 7.11 Å². The second-order valence-electron chi connectivity index (χ2n) is 7.46. The van der Waals surface area contributed by atoms with Crippen LogP contribution >= 0.6 is 12.4 Å². The molecule has 6 heteroatoms. The van der Waals surface area contributed by atoms with Crippen LogP contribution in [0.25, 0.3) is 0 Å². The number of benzene rings is 2. The van der Waals surface area contributed by atoms with E-state index in [2.05, 4.69) is 28.4 Å². The Morgan fingerprint density at radius 3 is 2.75 bits per heavy atom. The fraction of sp³-hybridized carbons (Fsp3) is 0.409. The number of halogens is 2. The Hall–Kier alpha value is -2.11. The summed E-state index contributed by atoms with van der Waals surface area (Å²) >= 11 is 0. The molecule has 1 fully saturated rings. The van der Waals surface area contributed by atoms with Crippen molar-refractivity contribution in [2.75, 3.05) is 33.3 Å². The number of fused-ring (bicyclic) bond motifs is 3. The normalized spacial score (nSPS) is 20.6. The van der Waals surface area contributed by atoms with Crippen LogP contribution in [0, 0.1) is 11.7 Å². The summed E-state index contributed by atoms with van der Waals surface area (Å²) in [5.41, 5.74) is 3.29. The van der Waals surface area contributed by atoms with Gasteiger partial charge in [-0.2, -0.15) is 0 Å². The zero-order valence-electron chi connectivity index (χ0n) is 16.0. The summed E-state index contributed by atoms with van der Waals surface area (Å²) in [6.07, 6.45) is 2.33. The molecule has 2 atom stereocenters. The maximum absolute atomic E-state index is 13.0. The third-order valence-corrected chi connectivity index (χ3v) is 5.87. The second kappa shape index (κ2) is 8.93. The first-order chi connectivity index (χ1) is 13.2. The van der Waals surface area contributed by atoms with Crippen LogP contribution in [-0.4, -0.2) is 44.1 Å². The minimum atomic E-state index is -0.332. The summed E-state index contributed by atoms with van der Waals surface area (Å²) in [5, 5.41) is 2.94. The molecule has 1 N–H and O–H groups in total. The van der Waals surface area contributed by atoms with E-state index in [9.17, 15) is 9.18 Å². The van der Waals surface area contributed by atoms with E-state index in [0.29, 0.717) is 23.9 Å². The molecule has 0 bridgehead atoms. The Balaban J connectivity index is 0.00000225. The van der Waals surface area contributed by atoms with Crippen molar-refractivity contribution in [3.63, 3.8) is 0 Å². The summed E-state index contributed by atoms with van der Waals surface area (Å²) in [7, 11) is 1.75. The minimum Gasteiger partial charge on any atom is -0.496 e. The number of aryl methyl sites for hydroxylation is 1. The van der Waals surface area contributed by atoms with Crippen molar-refractivity contribution in [3.8, 4) is 5.75 Å². The third kappa shape index (κ3) is 4.15. The lowest BCUT2D eigenvalue weighted by atomic mass is 9.76. The van der Waals surface area contributed by atoms with Crippen LogP contribution in [0.3, 0.4) is 0 Å². The van der Waals surface area contributed by atoms with E-state index >= 15 is 0 Å². The molecule has 0 radical (unpaired) electrons. The molecular weight excluding hydrogens is 379 g/mol. The van der Waals surface area contributed by atoms with Crippen molar-refractivity contribution in [1.29, 1.82) is 0 Å². The lowest BCUT2D eigenvalue weighted by Crippen LogP contribution is -2.34. The number of nitrogens with zero attached hydrogens (tertiary/aromatic N) is 1. The molecule has 1 amide bonds. The molecule has 0 aromatic heterocycles. The van der Waals surface area contributed by atoms with Crippen molar-refractivity contribution >= 4 is 18.3 Å². The van der Waals surface area contributed by atoms with Crippen LogP contribution in [0.1, 0.15) is 33.8 Å². The average molecular weight is 405 g/mol. The van der Waals surface area contributed by atoms with Gasteiger partial charge in [0.25, 0.3) is 5.91 Å². The summed E-state index contributed by atoms with van der Waals surface area (Å²) in [5.74, 6) is 1.69. The van der Waals surface area contributed by atoms with Gasteiger partial charge in [0, 0.05) is 43.2 Å².